The molecule has 0 atom stereocenters. The van der Waals surface area contributed by atoms with Gasteiger partial charge in [0.15, 0.2) is 0 Å². The molecule has 1 N–H and O–H groups in total. The normalized spacial score (nSPS) is 10.7. The van der Waals surface area contributed by atoms with Crippen LogP contribution in [0.5, 0.6) is 0 Å². The van der Waals surface area contributed by atoms with Crippen molar-refractivity contribution in [3.63, 3.8) is 0 Å². The van der Waals surface area contributed by atoms with Crippen molar-refractivity contribution in [3.05, 3.63) is 69.0 Å². The minimum absolute atomic E-state index is 0.171. The van der Waals surface area contributed by atoms with Crippen molar-refractivity contribution < 1.29 is 9.18 Å². The number of carbonyl (C=O) groups is 1. The first-order chi connectivity index (χ1) is 9.63. The molecule has 1 amide bonds. The van der Waals surface area contributed by atoms with E-state index < -0.39 is 0 Å². The number of hydrazone groups is 1. The van der Waals surface area contributed by atoms with Gasteiger partial charge in [0.2, 0.25) is 5.91 Å². The second-order valence-electron chi connectivity index (χ2n) is 4.15. The lowest BCUT2D eigenvalue weighted by molar-refractivity contribution is -0.120. The third-order valence-electron chi connectivity index (χ3n) is 2.55. The Kier molecular flexibility index (Phi) is 5.23. The van der Waals surface area contributed by atoms with Gasteiger partial charge in [-0.2, -0.15) is 5.10 Å². The van der Waals surface area contributed by atoms with Gasteiger partial charge >= 0.3 is 0 Å². The van der Waals surface area contributed by atoms with Gasteiger partial charge in [-0.1, -0.05) is 24.3 Å². The lowest BCUT2D eigenvalue weighted by atomic mass is 10.1. The zero-order valence-electron chi connectivity index (χ0n) is 10.5. The van der Waals surface area contributed by atoms with Crippen molar-refractivity contribution >= 4 is 34.7 Å². The average Bonchev–Trinajstić information content (AvgIpc) is 2.44. The van der Waals surface area contributed by atoms with E-state index in [1.807, 2.05) is 24.3 Å². The Morgan fingerprint density at radius 2 is 1.80 bits per heavy atom. The van der Waals surface area contributed by atoms with Gasteiger partial charge in [-0.25, -0.2) is 9.82 Å². The van der Waals surface area contributed by atoms with E-state index in [0.717, 1.165) is 14.7 Å². The van der Waals surface area contributed by atoms with Gasteiger partial charge in [0.1, 0.15) is 5.82 Å². The van der Waals surface area contributed by atoms with Gasteiger partial charge in [-0.3, -0.25) is 4.79 Å². The number of hydrogen-bond donors (Lipinski definition) is 1. The monoisotopic (exact) mass is 382 g/mol. The molecule has 0 aliphatic heterocycles. The molecule has 102 valence electrons. The molecule has 2 rings (SSSR count). The summed E-state index contributed by atoms with van der Waals surface area (Å²) in [6.45, 7) is 0. The summed E-state index contributed by atoms with van der Waals surface area (Å²) in [6, 6.07) is 13.6. The molecule has 0 saturated carbocycles. The maximum absolute atomic E-state index is 12.7. The first-order valence-electron chi connectivity index (χ1n) is 5.95. The zero-order chi connectivity index (χ0) is 14.4. The molecule has 0 radical (unpaired) electrons. The number of hydrogen-bond acceptors (Lipinski definition) is 2. The summed E-state index contributed by atoms with van der Waals surface area (Å²) in [5.74, 6) is -0.552. The summed E-state index contributed by atoms with van der Waals surface area (Å²) in [7, 11) is 0. The fourth-order valence-electron chi connectivity index (χ4n) is 1.55. The van der Waals surface area contributed by atoms with Gasteiger partial charge in [-0.05, 0) is 58.0 Å². The molecule has 0 aliphatic carbocycles. The van der Waals surface area contributed by atoms with Crippen molar-refractivity contribution in [2.45, 2.75) is 6.42 Å². The van der Waals surface area contributed by atoms with Gasteiger partial charge < -0.3 is 0 Å². The first kappa shape index (κ1) is 14.6. The summed E-state index contributed by atoms with van der Waals surface area (Å²) in [5.41, 5.74) is 4.10. The number of nitrogens with zero attached hydrogens (tertiary/aromatic N) is 1. The lowest BCUT2D eigenvalue weighted by Crippen LogP contribution is -2.19. The van der Waals surface area contributed by atoms with Crippen LogP contribution in [-0.2, 0) is 11.2 Å². The SMILES string of the molecule is O=C(Cc1ccc(F)cc1)N/N=C/c1ccc(I)cc1. The molecule has 5 heteroatoms. The van der Waals surface area contributed by atoms with Crippen LogP contribution in [0, 0.1) is 9.39 Å². The highest BCUT2D eigenvalue weighted by atomic mass is 127. The Hall–Kier alpha value is -1.76. The number of carbonyl (C=O) groups excluding carboxylic acids is 1. The first-order valence-corrected chi connectivity index (χ1v) is 7.03. The molecule has 3 nitrogen and oxygen atoms in total. The predicted molar refractivity (Wildman–Crippen MR) is 85.0 cm³/mol. The van der Waals surface area contributed by atoms with Crippen LogP contribution in [0.25, 0.3) is 0 Å². The van der Waals surface area contributed by atoms with Crippen molar-refractivity contribution in [1.29, 1.82) is 0 Å². The molecular formula is C15H12FIN2O. The highest BCUT2D eigenvalue weighted by Gasteiger charge is 2.01. The Balaban J connectivity index is 1.85. The maximum atomic E-state index is 12.7. The van der Waals surface area contributed by atoms with Crippen molar-refractivity contribution in [2.24, 2.45) is 5.10 Å². The Morgan fingerprint density at radius 3 is 2.45 bits per heavy atom. The van der Waals surface area contributed by atoms with Crippen LogP contribution in [0.2, 0.25) is 0 Å². The molecule has 0 aliphatic rings. The van der Waals surface area contributed by atoms with E-state index in [2.05, 4.69) is 33.1 Å². The van der Waals surface area contributed by atoms with Crippen LogP contribution >= 0.6 is 22.6 Å². The van der Waals surface area contributed by atoms with E-state index in [4.69, 9.17) is 0 Å². The molecule has 0 bridgehead atoms. The number of halogens is 2. The Morgan fingerprint density at radius 1 is 1.15 bits per heavy atom. The molecule has 20 heavy (non-hydrogen) atoms. The van der Waals surface area contributed by atoms with Gasteiger partial charge in [0.05, 0.1) is 12.6 Å². The summed E-state index contributed by atoms with van der Waals surface area (Å²) in [6.07, 6.45) is 1.75. The maximum Gasteiger partial charge on any atom is 0.244 e. The van der Waals surface area contributed by atoms with Crippen LogP contribution in [0.1, 0.15) is 11.1 Å². The van der Waals surface area contributed by atoms with Gasteiger partial charge in [-0.15, -0.1) is 0 Å². The standard InChI is InChI=1S/C15H12FIN2O/c16-13-5-1-11(2-6-13)9-15(20)19-18-10-12-3-7-14(17)8-4-12/h1-8,10H,9H2,(H,19,20)/b18-10+. The quantitative estimate of drug-likeness (QED) is 0.493. The fraction of sp³-hybridized carbons (Fsp3) is 0.0667. The molecular weight excluding hydrogens is 370 g/mol. The Bertz CT molecular complexity index is 609. The molecule has 0 heterocycles. The van der Waals surface area contributed by atoms with E-state index in [9.17, 15) is 9.18 Å². The van der Waals surface area contributed by atoms with E-state index >= 15 is 0 Å². The van der Waals surface area contributed by atoms with Crippen LogP contribution in [-0.4, -0.2) is 12.1 Å². The van der Waals surface area contributed by atoms with E-state index in [0.29, 0.717) is 0 Å². The second-order valence-corrected chi connectivity index (χ2v) is 5.39. The number of benzene rings is 2. The van der Waals surface area contributed by atoms with E-state index in [1.54, 1.807) is 18.3 Å². The summed E-state index contributed by atoms with van der Waals surface area (Å²) < 4.78 is 13.9. The molecule has 0 saturated heterocycles. The van der Waals surface area contributed by atoms with Gasteiger partial charge in [0.25, 0.3) is 0 Å². The third kappa shape index (κ3) is 4.73. The van der Waals surface area contributed by atoms with Crippen LogP contribution < -0.4 is 5.43 Å². The predicted octanol–water partition coefficient (Wildman–Crippen LogP) is 3.12. The highest BCUT2D eigenvalue weighted by molar-refractivity contribution is 14.1. The van der Waals surface area contributed by atoms with E-state index in [-0.39, 0.29) is 18.1 Å². The summed E-state index contributed by atoms with van der Waals surface area (Å²) in [5, 5.41) is 3.88. The Labute approximate surface area is 130 Å². The molecule has 0 spiro atoms. The molecule has 2 aromatic rings. The smallest absolute Gasteiger partial charge is 0.244 e. The minimum atomic E-state index is -0.314. The molecule has 0 fully saturated rings. The topological polar surface area (TPSA) is 41.5 Å². The molecule has 2 aromatic carbocycles. The fourth-order valence-corrected chi connectivity index (χ4v) is 1.91. The number of rotatable bonds is 4. The molecule has 0 aromatic heterocycles. The minimum Gasteiger partial charge on any atom is -0.273 e. The van der Waals surface area contributed by atoms with Crippen LogP contribution in [0.3, 0.4) is 0 Å². The third-order valence-corrected chi connectivity index (χ3v) is 3.27. The van der Waals surface area contributed by atoms with Gasteiger partial charge in [0, 0.05) is 3.57 Å². The number of nitrogens with one attached hydrogen (secondary N) is 1. The largest absolute Gasteiger partial charge is 0.273 e. The van der Waals surface area contributed by atoms with Crippen LogP contribution in [0.4, 0.5) is 4.39 Å². The summed E-state index contributed by atoms with van der Waals surface area (Å²) in [4.78, 5) is 11.6. The van der Waals surface area contributed by atoms with E-state index in [1.165, 1.54) is 12.1 Å². The molecule has 0 unspecified atom stereocenters. The lowest BCUT2D eigenvalue weighted by Gasteiger charge is -2.00. The summed E-state index contributed by atoms with van der Waals surface area (Å²) >= 11 is 2.22. The van der Waals surface area contributed by atoms with Crippen molar-refractivity contribution in [1.82, 2.24) is 5.43 Å². The van der Waals surface area contributed by atoms with Crippen molar-refractivity contribution in [2.75, 3.05) is 0 Å². The highest BCUT2D eigenvalue weighted by Crippen LogP contribution is 2.05. The average molecular weight is 382 g/mol. The van der Waals surface area contributed by atoms with Crippen molar-refractivity contribution in [3.8, 4) is 0 Å². The van der Waals surface area contributed by atoms with Crippen LogP contribution in [0.15, 0.2) is 53.6 Å². The zero-order valence-corrected chi connectivity index (χ0v) is 12.7. The second kappa shape index (κ2) is 7.14. The number of amides is 1.